The first-order valence-electron chi connectivity index (χ1n) is 4.63. The predicted octanol–water partition coefficient (Wildman–Crippen LogP) is 4.43. The van der Waals surface area contributed by atoms with E-state index in [1.54, 1.807) is 11.3 Å². The molecule has 80 valence electrons. The topological polar surface area (TPSA) is 17.3 Å². The van der Waals surface area contributed by atoms with E-state index in [0.29, 0.717) is 0 Å². The SMILES string of the molecule is Brc1cccc(-c2nc(I)c3sccn23)c1. The number of thiazole rings is 1. The van der Waals surface area contributed by atoms with Gasteiger partial charge in [-0.05, 0) is 34.7 Å². The highest BCUT2D eigenvalue weighted by Gasteiger charge is 2.11. The van der Waals surface area contributed by atoms with Gasteiger partial charge in [0.2, 0.25) is 0 Å². The Morgan fingerprint density at radius 3 is 3.06 bits per heavy atom. The van der Waals surface area contributed by atoms with Gasteiger partial charge >= 0.3 is 0 Å². The summed E-state index contributed by atoms with van der Waals surface area (Å²) in [6.45, 7) is 0. The molecule has 1 aromatic carbocycles. The number of fused-ring (bicyclic) bond motifs is 1. The standard InChI is InChI=1S/C11H6BrIN2S/c12-8-3-1-2-7(6-8)10-14-9(13)11-15(10)4-5-16-11/h1-6H. The summed E-state index contributed by atoms with van der Waals surface area (Å²) >= 11 is 7.48. The highest BCUT2D eigenvalue weighted by molar-refractivity contribution is 14.1. The van der Waals surface area contributed by atoms with Gasteiger partial charge in [0, 0.05) is 21.6 Å². The Morgan fingerprint density at radius 2 is 2.25 bits per heavy atom. The number of aromatic nitrogens is 2. The summed E-state index contributed by atoms with van der Waals surface area (Å²) in [6, 6.07) is 8.21. The van der Waals surface area contributed by atoms with E-state index in [2.05, 4.69) is 71.6 Å². The molecule has 0 radical (unpaired) electrons. The Kier molecular flexibility index (Phi) is 2.76. The summed E-state index contributed by atoms with van der Waals surface area (Å²) in [5.74, 6) is 1.00. The van der Waals surface area contributed by atoms with Crippen molar-refractivity contribution >= 4 is 54.7 Å². The zero-order chi connectivity index (χ0) is 11.1. The van der Waals surface area contributed by atoms with E-state index in [1.165, 1.54) is 4.83 Å². The molecule has 0 saturated heterocycles. The van der Waals surface area contributed by atoms with Gasteiger partial charge in [0.1, 0.15) is 14.4 Å². The third kappa shape index (κ3) is 1.70. The maximum absolute atomic E-state index is 4.60. The van der Waals surface area contributed by atoms with Crippen molar-refractivity contribution in [3.8, 4) is 11.4 Å². The molecule has 2 nitrogen and oxygen atoms in total. The second-order valence-electron chi connectivity index (χ2n) is 3.31. The third-order valence-corrected chi connectivity index (χ3v) is 4.78. The first-order valence-corrected chi connectivity index (χ1v) is 7.38. The fourth-order valence-corrected chi connectivity index (χ4v) is 3.61. The molecular weight excluding hydrogens is 399 g/mol. The first kappa shape index (κ1) is 10.7. The van der Waals surface area contributed by atoms with Gasteiger partial charge in [-0.15, -0.1) is 11.3 Å². The largest absolute Gasteiger partial charge is 0.289 e. The minimum absolute atomic E-state index is 1.00. The molecule has 3 rings (SSSR count). The van der Waals surface area contributed by atoms with Crippen molar-refractivity contribution in [2.24, 2.45) is 0 Å². The Hall–Kier alpha value is -0.400. The Morgan fingerprint density at radius 1 is 1.38 bits per heavy atom. The average Bonchev–Trinajstić information content (AvgIpc) is 2.83. The lowest BCUT2D eigenvalue weighted by atomic mass is 10.2. The molecule has 0 atom stereocenters. The third-order valence-electron chi connectivity index (χ3n) is 2.30. The van der Waals surface area contributed by atoms with Crippen LogP contribution in [-0.4, -0.2) is 9.38 Å². The van der Waals surface area contributed by atoms with Crippen LogP contribution in [0, 0.1) is 3.70 Å². The normalized spacial score (nSPS) is 11.1. The minimum atomic E-state index is 1.00. The number of hydrogen-bond acceptors (Lipinski definition) is 2. The van der Waals surface area contributed by atoms with Gasteiger partial charge in [-0.25, -0.2) is 4.98 Å². The number of benzene rings is 1. The van der Waals surface area contributed by atoms with Crippen molar-refractivity contribution in [2.75, 3.05) is 0 Å². The molecule has 5 heteroatoms. The van der Waals surface area contributed by atoms with Crippen LogP contribution in [0.3, 0.4) is 0 Å². The number of imidazole rings is 1. The van der Waals surface area contributed by atoms with Crippen LogP contribution in [0.2, 0.25) is 0 Å². The van der Waals surface area contributed by atoms with Gasteiger partial charge in [-0.2, -0.15) is 0 Å². The maximum Gasteiger partial charge on any atom is 0.146 e. The van der Waals surface area contributed by atoms with Crippen molar-refractivity contribution in [2.45, 2.75) is 0 Å². The number of nitrogens with zero attached hydrogens (tertiary/aromatic N) is 2. The number of halogens is 2. The second kappa shape index (κ2) is 4.12. The van der Waals surface area contributed by atoms with E-state index in [9.17, 15) is 0 Å². The lowest BCUT2D eigenvalue weighted by molar-refractivity contribution is 1.18. The quantitative estimate of drug-likeness (QED) is 0.548. The monoisotopic (exact) mass is 404 g/mol. The first-order chi connectivity index (χ1) is 7.75. The van der Waals surface area contributed by atoms with Crippen molar-refractivity contribution in [3.63, 3.8) is 0 Å². The zero-order valence-corrected chi connectivity index (χ0v) is 12.6. The summed E-state index contributed by atoms with van der Waals surface area (Å²) in [6.07, 6.45) is 2.06. The predicted molar refractivity (Wildman–Crippen MR) is 78.9 cm³/mol. The Balaban J connectivity index is 2.29. The molecule has 2 aromatic heterocycles. The molecule has 0 aliphatic heterocycles. The molecule has 0 spiro atoms. The van der Waals surface area contributed by atoms with E-state index in [1.807, 2.05) is 12.1 Å². The summed E-state index contributed by atoms with van der Waals surface area (Å²) in [4.78, 5) is 5.80. The van der Waals surface area contributed by atoms with E-state index < -0.39 is 0 Å². The molecule has 0 N–H and O–H groups in total. The van der Waals surface area contributed by atoms with E-state index in [-0.39, 0.29) is 0 Å². The number of hydrogen-bond donors (Lipinski definition) is 0. The minimum Gasteiger partial charge on any atom is -0.289 e. The Labute approximate surface area is 119 Å². The number of rotatable bonds is 1. The van der Waals surface area contributed by atoms with Crippen molar-refractivity contribution < 1.29 is 0 Å². The van der Waals surface area contributed by atoms with Crippen molar-refractivity contribution in [3.05, 3.63) is 44.0 Å². The van der Waals surface area contributed by atoms with Crippen LogP contribution < -0.4 is 0 Å². The smallest absolute Gasteiger partial charge is 0.146 e. The van der Waals surface area contributed by atoms with Gasteiger partial charge in [0.25, 0.3) is 0 Å². The second-order valence-corrected chi connectivity index (χ2v) is 6.15. The molecule has 0 aliphatic carbocycles. The molecule has 2 heterocycles. The highest BCUT2D eigenvalue weighted by atomic mass is 127. The summed E-state index contributed by atoms with van der Waals surface area (Å²) in [5, 5.41) is 2.08. The lowest BCUT2D eigenvalue weighted by Gasteiger charge is -1.98. The fraction of sp³-hybridized carbons (Fsp3) is 0. The van der Waals surface area contributed by atoms with Gasteiger partial charge in [-0.3, -0.25) is 4.40 Å². The fourth-order valence-electron chi connectivity index (χ4n) is 1.62. The van der Waals surface area contributed by atoms with Crippen LogP contribution >= 0.6 is 49.9 Å². The van der Waals surface area contributed by atoms with Gasteiger partial charge < -0.3 is 0 Å². The summed E-state index contributed by atoms with van der Waals surface area (Å²) in [5.41, 5.74) is 1.13. The molecule has 16 heavy (non-hydrogen) atoms. The van der Waals surface area contributed by atoms with E-state index >= 15 is 0 Å². The Bertz CT molecular complexity index is 659. The molecule has 0 amide bonds. The molecule has 0 unspecified atom stereocenters. The molecule has 0 bridgehead atoms. The van der Waals surface area contributed by atoms with Gasteiger partial charge in [0.05, 0.1) is 0 Å². The van der Waals surface area contributed by atoms with E-state index in [0.717, 1.165) is 19.6 Å². The molecule has 0 aliphatic rings. The summed E-state index contributed by atoms with van der Waals surface area (Å²) < 4.78 is 4.27. The van der Waals surface area contributed by atoms with Crippen LogP contribution in [0.5, 0.6) is 0 Å². The van der Waals surface area contributed by atoms with Gasteiger partial charge in [-0.1, -0.05) is 28.1 Å². The van der Waals surface area contributed by atoms with Crippen LogP contribution in [0.4, 0.5) is 0 Å². The van der Waals surface area contributed by atoms with Crippen molar-refractivity contribution in [1.29, 1.82) is 0 Å². The molecule has 3 aromatic rings. The molecule has 0 saturated carbocycles. The van der Waals surface area contributed by atoms with Crippen molar-refractivity contribution in [1.82, 2.24) is 9.38 Å². The van der Waals surface area contributed by atoms with Crippen LogP contribution in [0.1, 0.15) is 0 Å². The van der Waals surface area contributed by atoms with Crippen LogP contribution in [-0.2, 0) is 0 Å². The van der Waals surface area contributed by atoms with Gasteiger partial charge in [0.15, 0.2) is 0 Å². The summed E-state index contributed by atoms with van der Waals surface area (Å²) in [7, 11) is 0. The van der Waals surface area contributed by atoms with Crippen LogP contribution in [0.25, 0.3) is 16.2 Å². The lowest BCUT2D eigenvalue weighted by Crippen LogP contribution is -1.85. The molecular formula is C11H6BrIN2S. The van der Waals surface area contributed by atoms with E-state index in [4.69, 9.17) is 0 Å². The maximum atomic E-state index is 4.60. The highest BCUT2D eigenvalue weighted by Crippen LogP contribution is 2.28. The average molecular weight is 405 g/mol. The zero-order valence-electron chi connectivity index (χ0n) is 8.02. The molecule has 0 fully saturated rings. The van der Waals surface area contributed by atoms with Crippen LogP contribution in [0.15, 0.2) is 40.3 Å².